The maximum atomic E-state index is 12.2. The van der Waals surface area contributed by atoms with Gasteiger partial charge in [0.15, 0.2) is 6.61 Å². The quantitative estimate of drug-likeness (QED) is 0.837. The molecule has 0 radical (unpaired) electrons. The molecule has 0 aromatic heterocycles. The zero-order valence-corrected chi connectivity index (χ0v) is 15.0. The molecule has 1 amide bonds. The lowest BCUT2D eigenvalue weighted by atomic mass is 10.00. The monoisotopic (exact) mass is 345 g/mol. The standard InChI is InChI=1S/C19H20ClNO3/c1-11-5-6-16(15(20)9-11)21-17(22)10-24-19(23)18-13(3)7-12(2)8-14(18)4/h5-9H,10H2,1-4H3,(H,21,22). The van der Waals surface area contributed by atoms with E-state index in [2.05, 4.69) is 5.32 Å². The third-order valence-corrected chi connectivity index (χ3v) is 3.93. The molecule has 126 valence electrons. The van der Waals surface area contributed by atoms with E-state index in [1.165, 1.54) is 0 Å². The average molecular weight is 346 g/mol. The Kier molecular flexibility index (Phi) is 5.62. The second-order valence-electron chi connectivity index (χ2n) is 5.88. The lowest BCUT2D eigenvalue weighted by Gasteiger charge is -2.12. The van der Waals surface area contributed by atoms with Crippen LogP contribution in [0.2, 0.25) is 5.02 Å². The minimum atomic E-state index is -0.504. The molecule has 0 fully saturated rings. The van der Waals surface area contributed by atoms with Crippen molar-refractivity contribution in [2.45, 2.75) is 27.7 Å². The lowest BCUT2D eigenvalue weighted by Crippen LogP contribution is -2.22. The van der Waals surface area contributed by atoms with E-state index in [4.69, 9.17) is 16.3 Å². The van der Waals surface area contributed by atoms with Crippen molar-refractivity contribution < 1.29 is 14.3 Å². The summed E-state index contributed by atoms with van der Waals surface area (Å²) in [4.78, 5) is 24.2. The van der Waals surface area contributed by atoms with E-state index in [0.717, 1.165) is 22.3 Å². The van der Waals surface area contributed by atoms with Crippen molar-refractivity contribution in [3.05, 3.63) is 63.2 Å². The highest BCUT2D eigenvalue weighted by molar-refractivity contribution is 6.33. The van der Waals surface area contributed by atoms with Crippen molar-refractivity contribution >= 4 is 29.2 Å². The van der Waals surface area contributed by atoms with Crippen molar-refractivity contribution in [3.8, 4) is 0 Å². The maximum Gasteiger partial charge on any atom is 0.339 e. The molecule has 0 heterocycles. The van der Waals surface area contributed by atoms with Crippen LogP contribution in [0.1, 0.15) is 32.6 Å². The molecule has 0 aliphatic heterocycles. The normalized spacial score (nSPS) is 10.4. The molecule has 2 rings (SSSR count). The second-order valence-corrected chi connectivity index (χ2v) is 6.29. The molecular formula is C19H20ClNO3. The second kappa shape index (κ2) is 7.49. The van der Waals surface area contributed by atoms with E-state index in [0.29, 0.717) is 16.3 Å². The number of hydrogen-bond donors (Lipinski definition) is 1. The van der Waals surface area contributed by atoms with Crippen molar-refractivity contribution in [1.82, 2.24) is 0 Å². The number of ether oxygens (including phenoxy) is 1. The van der Waals surface area contributed by atoms with Crippen LogP contribution < -0.4 is 5.32 Å². The van der Waals surface area contributed by atoms with Gasteiger partial charge in [-0.2, -0.15) is 0 Å². The Balaban J connectivity index is 2.00. The first-order valence-electron chi connectivity index (χ1n) is 7.59. The Morgan fingerprint density at radius 2 is 1.62 bits per heavy atom. The number of amides is 1. The third-order valence-electron chi connectivity index (χ3n) is 3.61. The molecule has 1 N–H and O–H groups in total. The highest BCUT2D eigenvalue weighted by atomic mass is 35.5. The zero-order chi connectivity index (χ0) is 17.9. The number of anilines is 1. The van der Waals surface area contributed by atoms with E-state index < -0.39 is 11.9 Å². The lowest BCUT2D eigenvalue weighted by molar-refractivity contribution is -0.119. The van der Waals surface area contributed by atoms with Crippen molar-refractivity contribution in [1.29, 1.82) is 0 Å². The Labute approximate surface area is 146 Å². The Bertz CT molecular complexity index is 776. The number of benzene rings is 2. The fourth-order valence-electron chi connectivity index (χ4n) is 2.61. The van der Waals surface area contributed by atoms with Gasteiger partial charge >= 0.3 is 5.97 Å². The fourth-order valence-corrected chi connectivity index (χ4v) is 2.90. The highest BCUT2D eigenvalue weighted by Gasteiger charge is 2.16. The van der Waals surface area contributed by atoms with E-state index in [-0.39, 0.29) is 6.61 Å². The SMILES string of the molecule is Cc1cc(C)c(C(=O)OCC(=O)Nc2ccc(C)cc2Cl)c(C)c1. The summed E-state index contributed by atoms with van der Waals surface area (Å²) in [6, 6.07) is 9.13. The van der Waals surface area contributed by atoms with Gasteiger partial charge < -0.3 is 10.1 Å². The summed E-state index contributed by atoms with van der Waals surface area (Å²) in [5.74, 6) is -0.938. The predicted octanol–water partition coefficient (Wildman–Crippen LogP) is 4.37. The molecule has 0 saturated heterocycles. The largest absolute Gasteiger partial charge is 0.452 e. The van der Waals surface area contributed by atoms with Gasteiger partial charge in [-0.05, 0) is 56.5 Å². The smallest absolute Gasteiger partial charge is 0.339 e. The van der Waals surface area contributed by atoms with Crippen LogP contribution in [-0.4, -0.2) is 18.5 Å². The average Bonchev–Trinajstić information content (AvgIpc) is 2.47. The van der Waals surface area contributed by atoms with Crippen LogP contribution in [-0.2, 0) is 9.53 Å². The molecule has 0 spiro atoms. The first-order chi connectivity index (χ1) is 11.3. The van der Waals surface area contributed by atoms with E-state index >= 15 is 0 Å². The predicted molar refractivity (Wildman–Crippen MR) is 95.8 cm³/mol. The molecule has 4 nitrogen and oxygen atoms in total. The molecule has 2 aromatic rings. The number of aryl methyl sites for hydroxylation is 4. The van der Waals surface area contributed by atoms with Crippen LogP contribution >= 0.6 is 11.6 Å². The van der Waals surface area contributed by atoms with E-state index in [9.17, 15) is 9.59 Å². The van der Waals surface area contributed by atoms with Crippen LogP contribution in [0.5, 0.6) is 0 Å². The number of esters is 1. The number of rotatable bonds is 4. The Morgan fingerprint density at radius 3 is 2.21 bits per heavy atom. The van der Waals surface area contributed by atoms with Gasteiger partial charge in [-0.15, -0.1) is 0 Å². The molecule has 5 heteroatoms. The summed E-state index contributed by atoms with van der Waals surface area (Å²) in [6.45, 7) is 7.21. The van der Waals surface area contributed by atoms with Gasteiger partial charge in [-0.3, -0.25) is 4.79 Å². The van der Waals surface area contributed by atoms with Gasteiger partial charge in [0.2, 0.25) is 0 Å². The molecule has 0 aliphatic carbocycles. The van der Waals surface area contributed by atoms with Gasteiger partial charge in [0.25, 0.3) is 5.91 Å². The molecule has 0 saturated carbocycles. The minimum absolute atomic E-state index is 0.365. The molecule has 0 unspecified atom stereocenters. The molecule has 0 bridgehead atoms. The summed E-state index contributed by atoms with van der Waals surface area (Å²) < 4.78 is 5.13. The van der Waals surface area contributed by atoms with Gasteiger partial charge in [-0.1, -0.05) is 35.4 Å². The third kappa shape index (κ3) is 4.36. The Hall–Kier alpha value is -2.33. The number of nitrogens with one attached hydrogen (secondary N) is 1. The van der Waals surface area contributed by atoms with Crippen molar-refractivity contribution in [2.75, 3.05) is 11.9 Å². The van der Waals surface area contributed by atoms with E-state index in [1.807, 2.05) is 45.9 Å². The van der Waals surface area contributed by atoms with Crippen LogP contribution in [0.25, 0.3) is 0 Å². The minimum Gasteiger partial charge on any atom is -0.452 e. The number of hydrogen-bond acceptors (Lipinski definition) is 3. The summed E-state index contributed by atoms with van der Waals surface area (Å²) in [5, 5.41) is 3.08. The zero-order valence-electron chi connectivity index (χ0n) is 14.2. The topological polar surface area (TPSA) is 55.4 Å². The fraction of sp³-hybridized carbons (Fsp3) is 0.263. The summed E-state index contributed by atoms with van der Waals surface area (Å²) >= 11 is 6.07. The molecule has 24 heavy (non-hydrogen) atoms. The molecule has 0 atom stereocenters. The van der Waals surface area contributed by atoms with Crippen LogP contribution in [0, 0.1) is 27.7 Å². The van der Waals surface area contributed by atoms with Crippen molar-refractivity contribution in [2.24, 2.45) is 0 Å². The molecule has 2 aromatic carbocycles. The Morgan fingerprint density at radius 1 is 1.00 bits per heavy atom. The maximum absolute atomic E-state index is 12.2. The van der Waals surface area contributed by atoms with Gasteiger partial charge in [-0.25, -0.2) is 4.79 Å². The first kappa shape index (κ1) is 18.0. The van der Waals surface area contributed by atoms with Gasteiger partial charge in [0, 0.05) is 0 Å². The van der Waals surface area contributed by atoms with Gasteiger partial charge in [0.05, 0.1) is 16.3 Å². The number of carbonyl (C=O) groups excluding carboxylic acids is 2. The number of carbonyl (C=O) groups is 2. The molecule has 0 aliphatic rings. The van der Waals surface area contributed by atoms with E-state index in [1.54, 1.807) is 12.1 Å². The highest BCUT2D eigenvalue weighted by Crippen LogP contribution is 2.22. The summed E-state index contributed by atoms with van der Waals surface area (Å²) in [6.07, 6.45) is 0. The van der Waals surface area contributed by atoms with Crippen LogP contribution in [0.4, 0.5) is 5.69 Å². The summed E-state index contributed by atoms with van der Waals surface area (Å²) in [5.41, 5.74) is 4.73. The number of halogens is 1. The van der Waals surface area contributed by atoms with Crippen molar-refractivity contribution in [3.63, 3.8) is 0 Å². The van der Waals surface area contributed by atoms with Crippen LogP contribution in [0.15, 0.2) is 30.3 Å². The van der Waals surface area contributed by atoms with Gasteiger partial charge in [0.1, 0.15) is 0 Å². The van der Waals surface area contributed by atoms with Crippen LogP contribution in [0.3, 0.4) is 0 Å². The first-order valence-corrected chi connectivity index (χ1v) is 7.96. The molecular weight excluding hydrogens is 326 g/mol. The summed E-state index contributed by atoms with van der Waals surface area (Å²) in [7, 11) is 0.